The first-order valence-corrected chi connectivity index (χ1v) is 5.41. The van der Waals surface area contributed by atoms with Crippen LogP contribution in [-0.2, 0) is 9.53 Å². The maximum Gasteiger partial charge on any atom is 0.448 e. The van der Waals surface area contributed by atoms with Crippen LogP contribution in [0.25, 0.3) is 0 Å². The Balaban J connectivity index is 3.03. The van der Waals surface area contributed by atoms with Crippen LogP contribution in [-0.4, -0.2) is 40.5 Å². The van der Waals surface area contributed by atoms with Crippen LogP contribution in [0, 0.1) is 0 Å². The highest BCUT2D eigenvalue weighted by Gasteiger charge is 2.62. The van der Waals surface area contributed by atoms with E-state index >= 15 is 0 Å². The van der Waals surface area contributed by atoms with Gasteiger partial charge in [-0.15, -0.1) is 0 Å². The molecule has 1 aromatic rings. The van der Waals surface area contributed by atoms with E-state index < -0.39 is 23.8 Å². The van der Waals surface area contributed by atoms with Crippen LogP contribution in [0.1, 0.15) is 17.3 Å². The minimum Gasteiger partial charge on any atom is -0.462 e. The smallest absolute Gasteiger partial charge is 0.448 e. The lowest BCUT2D eigenvalue weighted by atomic mass is 10.2. The Morgan fingerprint density at radius 2 is 2.10 bits per heavy atom. The van der Waals surface area contributed by atoms with E-state index in [-0.39, 0.29) is 12.2 Å². The number of rotatable bonds is 4. The molecule has 0 aliphatic heterocycles. The number of alkyl halides is 3. The van der Waals surface area contributed by atoms with E-state index in [2.05, 4.69) is 9.72 Å². The van der Waals surface area contributed by atoms with E-state index in [0.29, 0.717) is 0 Å². The number of carbonyl (C=O) groups excluding carboxylic acids is 2. The summed E-state index contributed by atoms with van der Waals surface area (Å²) in [6.07, 6.45) is -3.15. The molecule has 9 heteroatoms. The first-order chi connectivity index (χ1) is 9.22. The molecule has 0 saturated heterocycles. The monoisotopic (exact) mass is 292 g/mol. The standard InChI is InChI=1S/C11H11F3N2O4/c1-2-20-9(18)10(19,11(12,13)14)16-8(17)7-4-3-5-15-6-7/h3-6,19H,2H2,1H3,(H,16,17)/t10-/m1/s1. The van der Waals surface area contributed by atoms with Crippen molar-refractivity contribution >= 4 is 11.9 Å². The summed E-state index contributed by atoms with van der Waals surface area (Å²) in [6, 6.07) is 2.48. The molecular formula is C11H11F3N2O4. The Labute approximate surface area is 111 Å². The summed E-state index contributed by atoms with van der Waals surface area (Å²) in [4.78, 5) is 26.4. The second-order valence-corrected chi connectivity index (χ2v) is 3.62. The van der Waals surface area contributed by atoms with Gasteiger partial charge in [0, 0.05) is 12.4 Å². The quantitative estimate of drug-likeness (QED) is 0.627. The van der Waals surface area contributed by atoms with Gasteiger partial charge in [-0.2, -0.15) is 13.2 Å². The van der Waals surface area contributed by atoms with Crippen molar-refractivity contribution in [2.24, 2.45) is 0 Å². The molecule has 6 nitrogen and oxygen atoms in total. The molecule has 0 aliphatic rings. The number of carbonyl (C=O) groups is 2. The number of ether oxygens (including phenoxy) is 1. The van der Waals surface area contributed by atoms with Crippen LogP contribution in [0.4, 0.5) is 13.2 Å². The van der Waals surface area contributed by atoms with E-state index in [0.717, 1.165) is 6.20 Å². The van der Waals surface area contributed by atoms with Gasteiger partial charge >= 0.3 is 17.9 Å². The molecule has 20 heavy (non-hydrogen) atoms. The zero-order chi connectivity index (χ0) is 15.4. The molecule has 1 rings (SSSR count). The van der Waals surface area contributed by atoms with Crippen LogP contribution in [0.3, 0.4) is 0 Å². The van der Waals surface area contributed by atoms with Gasteiger partial charge in [0.2, 0.25) is 0 Å². The topological polar surface area (TPSA) is 88.5 Å². The molecule has 1 heterocycles. The molecule has 0 bridgehead atoms. The number of esters is 1. The lowest BCUT2D eigenvalue weighted by molar-refractivity contribution is -0.269. The fourth-order valence-electron chi connectivity index (χ4n) is 1.21. The summed E-state index contributed by atoms with van der Waals surface area (Å²) in [5, 5.41) is 10.6. The van der Waals surface area contributed by atoms with Gasteiger partial charge in [-0.1, -0.05) is 0 Å². The molecule has 0 fully saturated rings. The SMILES string of the molecule is CCOC(=O)[C@](O)(NC(=O)c1cccnc1)C(F)(F)F. The number of aliphatic hydroxyl groups is 1. The number of pyridine rings is 1. The second kappa shape index (κ2) is 5.87. The number of amides is 1. The third-order valence-corrected chi connectivity index (χ3v) is 2.20. The number of halogens is 3. The van der Waals surface area contributed by atoms with Crippen LogP contribution < -0.4 is 5.32 Å². The highest BCUT2D eigenvalue weighted by atomic mass is 19.4. The van der Waals surface area contributed by atoms with E-state index in [1.165, 1.54) is 30.6 Å². The molecule has 110 valence electrons. The fourth-order valence-corrected chi connectivity index (χ4v) is 1.21. The van der Waals surface area contributed by atoms with Crippen LogP contribution in [0.15, 0.2) is 24.5 Å². The predicted molar refractivity (Wildman–Crippen MR) is 59.3 cm³/mol. The summed E-state index contributed by atoms with van der Waals surface area (Å²) in [5.74, 6) is -3.32. The van der Waals surface area contributed by atoms with Gasteiger partial charge < -0.3 is 15.2 Å². The van der Waals surface area contributed by atoms with Crippen molar-refractivity contribution in [1.82, 2.24) is 10.3 Å². The van der Waals surface area contributed by atoms with E-state index in [4.69, 9.17) is 0 Å². The molecule has 0 saturated carbocycles. The molecule has 0 unspecified atom stereocenters. The zero-order valence-corrected chi connectivity index (χ0v) is 10.3. The maximum atomic E-state index is 12.8. The molecule has 0 aliphatic carbocycles. The second-order valence-electron chi connectivity index (χ2n) is 3.62. The lowest BCUT2D eigenvalue weighted by Crippen LogP contribution is -2.64. The largest absolute Gasteiger partial charge is 0.462 e. The first kappa shape index (κ1) is 15.9. The number of nitrogens with zero attached hydrogens (tertiary/aromatic N) is 1. The molecule has 0 aromatic carbocycles. The normalized spacial score (nSPS) is 14.2. The van der Waals surface area contributed by atoms with Gasteiger partial charge in [-0.05, 0) is 19.1 Å². The van der Waals surface area contributed by atoms with Crippen LogP contribution in [0.2, 0.25) is 0 Å². The molecule has 1 atom stereocenters. The molecule has 0 spiro atoms. The number of aromatic nitrogens is 1. The third kappa shape index (κ3) is 3.23. The number of nitrogens with one attached hydrogen (secondary N) is 1. The van der Waals surface area contributed by atoms with Crippen LogP contribution in [0.5, 0.6) is 0 Å². The van der Waals surface area contributed by atoms with Crippen LogP contribution >= 0.6 is 0 Å². The fraction of sp³-hybridized carbons (Fsp3) is 0.364. The summed E-state index contributed by atoms with van der Waals surface area (Å²) in [5.41, 5.74) is -4.37. The molecular weight excluding hydrogens is 281 g/mol. The summed E-state index contributed by atoms with van der Waals surface area (Å²) in [6.45, 7) is 0.873. The average molecular weight is 292 g/mol. The first-order valence-electron chi connectivity index (χ1n) is 5.41. The Hall–Kier alpha value is -2.16. The highest BCUT2D eigenvalue weighted by molar-refractivity contribution is 5.97. The molecule has 1 amide bonds. The van der Waals surface area contributed by atoms with Crippen molar-refractivity contribution in [3.05, 3.63) is 30.1 Å². The minimum absolute atomic E-state index is 0.250. The maximum absolute atomic E-state index is 12.8. The average Bonchev–Trinajstić information content (AvgIpc) is 2.38. The lowest BCUT2D eigenvalue weighted by Gasteiger charge is -2.28. The molecule has 1 aromatic heterocycles. The van der Waals surface area contributed by atoms with E-state index in [1.54, 1.807) is 0 Å². The minimum atomic E-state index is -5.43. The molecule has 0 radical (unpaired) electrons. The van der Waals surface area contributed by atoms with Crippen molar-refractivity contribution in [2.45, 2.75) is 18.8 Å². The van der Waals surface area contributed by atoms with Gasteiger partial charge in [-0.25, -0.2) is 4.79 Å². The zero-order valence-electron chi connectivity index (χ0n) is 10.3. The summed E-state index contributed by atoms with van der Waals surface area (Å²) >= 11 is 0. The Kier molecular flexibility index (Phi) is 4.66. The summed E-state index contributed by atoms with van der Waals surface area (Å²) in [7, 11) is 0. The van der Waals surface area contributed by atoms with Gasteiger partial charge in [0.15, 0.2) is 0 Å². The summed E-state index contributed by atoms with van der Waals surface area (Å²) < 4.78 is 42.4. The van der Waals surface area contributed by atoms with E-state index in [1.807, 2.05) is 0 Å². The molecule has 2 N–H and O–H groups in total. The van der Waals surface area contributed by atoms with E-state index in [9.17, 15) is 27.9 Å². The Morgan fingerprint density at radius 3 is 2.55 bits per heavy atom. The predicted octanol–water partition coefficient (Wildman–Crippen LogP) is 0.625. The highest BCUT2D eigenvalue weighted by Crippen LogP contribution is 2.29. The van der Waals surface area contributed by atoms with Gasteiger partial charge in [-0.3, -0.25) is 9.78 Å². The van der Waals surface area contributed by atoms with Crippen molar-refractivity contribution in [3.63, 3.8) is 0 Å². The number of hydrogen-bond donors (Lipinski definition) is 2. The Morgan fingerprint density at radius 1 is 1.45 bits per heavy atom. The van der Waals surface area contributed by atoms with Crippen molar-refractivity contribution in [3.8, 4) is 0 Å². The van der Waals surface area contributed by atoms with Crippen molar-refractivity contribution in [2.75, 3.05) is 6.61 Å². The van der Waals surface area contributed by atoms with Crippen molar-refractivity contribution in [1.29, 1.82) is 0 Å². The number of hydrogen-bond acceptors (Lipinski definition) is 5. The third-order valence-electron chi connectivity index (χ3n) is 2.20. The van der Waals surface area contributed by atoms with Gasteiger partial charge in [0.1, 0.15) is 0 Å². The van der Waals surface area contributed by atoms with Gasteiger partial charge in [0.25, 0.3) is 5.91 Å². The van der Waals surface area contributed by atoms with Gasteiger partial charge in [0.05, 0.1) is 12.2 Å². The van der Waals surface area contributed by atoms with Crippen molar-refractivity contribution < 1.29 is 32.6 Å². The Bertz CT molecular complexity index is 492.